The van der Waals surface area contributed by atoms with Crippen LogP contribution in [0.25, 0.3) is 0 Å². The number of aryl methyl sites for hydroxylation is 1. The molecule has 0 aromatic heterocycles. The highest BCUT2D eigenvalue weighted by atomic mass is 19.1. The van der Waals surface area contributed by atoms with Crippen LogP contribution in [0.4, 0.5) is 4.39 Å². The molecule has 0 aliphatic carbocycles. The molecule has 0 heterocycles. The number of hydrogen-bond donors (Lipinski definition) is 2. The lowest BCUT2D eigenvalue weighted by Crippen LogP contribution is -2.24. The lowest BCUT2D eigenvalue weighted by atomic mass is 10.0. The van der Waals surface area contributed by atoms with Gasteiger partial charge in [-0.15, -0.1) is 0 Å². The van der Waals surface area contributed by atoms with E-state index in [4.69, 9.17) is 0 Å². The molecule has 106 valence electrons. The number of hydrogen-bond acceptors (Lipinski definition) is 2. The molecule has 2 nitrogen and oxygen atoms in total. The minimum atomic E-state index is -0.636. The van der Waals surface area contributed by atoms with Crippen molar-refractivity contribution in [3.63, 3.8) is 0 Å². The molecule has 3 heteroatoms. The maximum atomic E-state index is 12.8. The Hall–Kier alpha value is -1.71. The zero-order valence-corrected chi connectivity index (χ0v) is 11.8. The molecule has 0 fully saturated rings. The minimum Gasteiger partial charge on any atom is -0.387 e. The molecule has 20 heavy (non-hydrogen) atoms. The van der Waals surface area contributed by atoms with Crippen LogP contribution in [0.15, 0.2) is 48.5 Å². The molecule has 0 spiro atoms. The highest BCUT2D eigenvalue weighted by molar-refractivity contribution is 5.25. The second kappa shape index (κ2) is 6.64. The summed E-state index contributed by atoms with van der Waals surface area (Å²) in [6, 6.07) is 14.4. The van der Waals surface area contributed by atoms with Gasteiger partial charge in [-0.25, -0.2) is 4.39 Å². The lowest BCUT2D eigenvalue weighted by molar-refractivity contribution is 0.170. The van der Waals surface area contributed by atoms with Crippen molar-refractivity contribution < 1.29 is 9.50 Å². The van der Waals surface area contributed by atoms with Gasteiger partial charge in [-0.1, -0.05) is 42.0 Å². The van der Waals surface area contributed by atoms with E-state index in [2.05, 4.69) is 37.4 Å². The van der Waals surface area contributed by atoms with Crippen LogP contribution < -0.4 is 5.32 Å². The molecule has 0 radical (unpaired) electrons. The van der Waals surface area contributed by atoms with Gasteiger partial charge in [0.25, 0.3) is 0 Å². The summed E-state index contributed by atoms with van der Waals surface area (Å²) in [4.78, 5) is 0. The molecular formula is C17H20FNO. The molecule has 0 saturated heterocycles. The number of nitrogens with one attached hydrogen (secondary N) is 1. The van der Waals surface area contributed by atoms with Gasteiger partial charge in [-0.05, 0) is 37.1 Å². The molecule has 0 aliphatic heterocycles. The average molecular weight is 273 g/mol. The van der Waals surface area contributed by atoms with Crippen molar-refractivity contribution >= 4 is 0 Å². The highest BCUT2D eigenvalue weighted by Gasteiger charge is 2.10. The fourth-order valence-corrected chi connectivity index (χ4v) is 2.15. The van der Waals surface area contributed by atoms with Gasteiger partial charge in [-0.3, -0.25) is 0 Å². The maximum absolute atomic E-state index is 12.8. The Morgan fingerprint density at radius 3 is 2.45 bits per heavy atom. The summed E-state index contributed by atoms with van der Waals surface area (Å²) in [6.45, 7) is 4.55. The zero-order valence-electron chi connectivity index (χ0n) is 11.8. The second-order valence-corrected chi connectivity index (χ2v) is 5.11. The summed E-state index contributed by atoms with van der Waals surface area (Å²) in [6.07, 6.45) is -0.636. The Morgan fingerprint density at radius 1 is 1.10 bits per heavy atom. The van der Waals surface area contributed by atoms with Crippen LogP contribution >= 0.6 is 0 Å². The quantitative estimate of drug-likeness (QED) is 0.873. The summed E-state index contributed by atoms with van der Waals surface area (Å²) in [5, 5.41) is 13.4. The van der Waals surface area contributed by atoms with Crippen LogP contribution in [0, 0.1) is 12.7 Å². The van der Waals surface area contributed by atoms with E-state index in [0.29, 0.717) is 6.54 Å². The Balaban J connectivity index is 1.93. The molecular weight excluding hydrogens is 253 g/mol. The van der Waals surface area contributed by atoms with Crippen molar-refractivity contribution in [3.8, 4) is 0 Å². The normalized spacial score (nSPS) is 14.0. The first-order chi connectivity index (χ1) is 9.56. The molecule has 1 unspecified atom stereocenters. The van der Waals surface area contributed by atoms with E-state index >= 15 is 0 Å². The van der Waals surface area contributed by atoms with Crippen LogP contribution in [-0.2, 0) is 0 Å². The van der Waals surface area contributed by atoms with Gasteiger partial charge in [0.1, 0.15) is 5.82 Å². The molecule has 0 saturated carbocycles. The van der Waals surface area contributed by atoms with Gasteiger partial charge in [0.05, 0.1) is 6.10 Å². The molecule has 0 amide bonds. The molecule has 2 rings (SSSR count). The molecule has 0 aliphatic rings. The van der Waals surface area contributed by atoms with E-state index < -0.39 is 6.10 Å². The van der Waals surface area contributed by atoms with E-state index in [1.807, 2.05) is 6.07 Å². The first-order valence-electron chi connectivity index (χ1n) is 6.80. The molecule has 2 N–H and O–H groups in total. The van der Waals surface area contributed by atoms with Gasteiger partial charge in [0, 0.05) is 12.6 Å². The fraction of sp³-hybridized carbons (Fsp3) is 0.294. The Kier molecular flexibility index (Phi) is 4.88. The van der Waals surface area contributed by atoms with Crippen LogP contribution in [0.1, 0.15) is 35.8 Å². The van der Waals surface area contributed by atoms with Crippen molar-refractivity contribution in [1.82, 2.24) is 5.32 Å². The third-order valence-electron chi connectivity index (χ3n) is 3.41. The lowest BCUT2D eigenvalue weighted by Gasteiger charge is -2.18. The van der Waals surface area contributed by atoms with Crippen molar-refractivity contribution in [2.75, 3.05) is 6.54 Å². The minimum absolute atomic E-state index is 0.157. The molecule has 0 bridgehead atoms. The average Bonchev–Trinajstić information content (AvgIpc) is 2.45. The van der Waals surface area contributed by atoms with Crippen LogP contribution in [0.3, 0.4) is 0 Å². The highest BCUT2D eigenvalue weighted by Crippen LogP contribution is 2.17. The SMILES string of the molecule is Cc1cccc([C@@H](C)NCC(O)c2ccc(F)cc2)c1. The van der Waals surface area contributed by atoms with Crippen LogP contribution in [0.5, 0.6) is 0 Å². The predicted octanol–water partition coefficient (Wildman–Crippen LogP) is 3.52. The summed E-state index contributed by atoms with van der Waals surface area (Å²) in [7, 11) is 0. The molecule has 2 aromatic rings. The summed E-state index contributed by atoms with van der Waals surface area (Å²) in [5.41, 5.74) is 3.13. The number of aliphatic hydroxyl groups excluding tert-OH is 1. The Bertz CT molecular complexity index is 553. The van der Waals surface area contributed by atoms with Gasteiger partial charge in [-0.2, -0.15) is 0 Å². The van der Waals surface area contributed by atoms with E-state index in [-0.39, 0.29) is 11.9 Å². The number of benzene rings is 2. The van der Waals surface area contributed by atoms with E-state index in [9.17, 15) is 9.50 Å². The third kappa shape index (κ3) is 3.89. The standard InChI is InChI=1S/C17H20FNO/c1-12-4-3-5-15(10-12)13(2)19-11-17(20)14-6-8-16(18)9-7-14/h3-10,13,17,19-20H,11H2,1-2H3/t13-,17?/m1/s1. The molecule has 2 atom stereocenters. The van der Waals surface area contributed by atoms with Crippen molar-refractivity contribution in [3.05, 3.63) is 71.0 Å². The van der Waals surface area contributed by atoms with Crippen molar-refractivity contribution in [2.24, 2.45) is 0 Å². The summed E-state index contributed by atoms with van der Waals surface area (Å²) in [5.74, 6) is -0.290. The fourth-order valence-electron chi connectivity index (χ4n) is 2.15. The monoisotopic (exact) mass is 273 g/mol. The maximum Gasteiger partial charge on any atom is 0.123 e. The van der Waals surface area contributed by atoms with Gasteiger partial charge >= 0.3 is 0 Å². The van der Waals surface area contributed by atoms with E-state index in [0.717, 1.165) is 5.56 Å². The van der Waals surface area contributed by atoms with E-state index in [1.54, 1.807) is 12.1 Å². The second-order valence-electron chi connectivity index (χ2n) is 5.11. The van der Waals surface area contributed by atoms with Crippen molar-refractivity contribution in [1.29, 1.82) is 0 Å². The van der Waals surface area contributed by atoms with Crippen LogP contribution in [-0.4, -0.2) is 11.7 Å². The number of halogens is 1. The van der Waals surface area contributed by atoms with Gasteiger partial charge in [0.2, 0.25) is 0 Å². The largest absolute Gasteiger partial charge is 0.387 e. The third-order valence-corrected chi connectivity index (χ3v) is 3.41. The number of rotatable bonds is 5. The first-order valence-corrected chi connectivity index (χ1v) is 6.80. The smallest absolute Gasteiger partial charge is 0.123 e. The van der Waals surface area contributed by atoms with E-state index in [1.165, 1.54) is 23.3 Å². The van der Waals surface area contributed by atoms with Crippen molar-refractivity contribution in [2.45, 2.75) is 26.0 Å². The van der Waals surface area contributed by atoms with Gasteiger partial charge in [0.15, 0.2) is 0 Å². The van der Waals surface area contributed by atoms with Crippen LogP contribution in [0.2, 0.25) is 0 Å². The zero-order chi connectivity index (χ0) is 14.5. The molecule has 2 aromatic carbocycles. The summed E-state index contributed by atoms with van der Waals surface area (Å²) < 4.78 is 12.8. The first kappa shape index (κ1) is 14.7. The summed E-state index contributed by atoms with van der Waals surface area (Å²) >= 11 is 0. The van der Waals surface area contributed by atoms with Gasteiger partial charge < -0.3 is 10.4 Å². The topological polar surface area (TPSA) is 32.3 Å². The Labute approximate surface area is 119 Å². The Morgan fingerprint density at radius 2 is 1.80 bits per heavy atom. The number of aliphatic hydroxyl groups is 1. The predicted molar refractivity (Wildman–Crippen MR) is 79.0 cm³/mol.